The molecule has 0 aliphatic carbocycles. The second-order valence-electron chi connectivity index (χ2n) is 17.6. The average Bonchev–Trinajstić information content (AvgIpc) is 3.15. The van der Waals surface area contributed by atoms with E-state index in [2.05, 4.69) is 85.9 Å². The number of hydrogen-bond acceptors (Lipinski definition) is 4. The van der Waals surface area contributed by atoms with Crippen molar-refractivity contribution in [2.24, 2.45) is 0 Å². The minimum absolute atomic E-state index is 1.21. The molecule has 0 bridgehead atoms. The van der Waals surface area contributed by atoms with Crippen molar-refractivity contribution in [3.05, 3.63) is 24.3 Å². The Morgan fingerprint density at radius 2 is 0.463 bits per heavy atom. The van der Waals surface area contributed by atoms with Crippen LogP contribution in [0.25, 0.3) is 0 Å². The van der Waals surface area contributed by atoms with Gasteiger partial charge in [0, 0.05) is 0 Å². The fraction of sp³-hybridized carbons (Fsp3) is 0.920. The van der Waals surface area contributed by atoms with Gasteiger partial charge in [0.25, 0.3) is 0 Å². The lowest BCUT2D eigenvalue weighted by Gasteiger charge is -2.25. The van der Waals surface area contributed by atoms with E-state index in [4.69, 9.17) is 0 Å². The zero-order valence-corrected chi connectivity index (χ0v) is 38.4. The highest BCUT2D eigenvalue weighted by Gasteiger charge is 2.09. The maximum Gasteiger partial charge on any atom is -0.000655 e. The maximum atomic E-state index is 2.81. The van der Waals surface area contributed by atoms with Crippen LogP contribution in [0.5, 0.6) is 0 Å². The van der Waals surface area contributed by atoms with E-state index in [1.807, 2.05) is 0 Å². The average molecular weight is 759 g/mol. The first-order valence-electron chi connectivity index (χ1n) is 24.5. The monoisotopic (exact) mass is 759 g/mol. The molecule has 0 saturated carbocycles. The summed E-state index contributed by atoms with van der Waals surface area (Å²) in [5.41, 5.74) is 0. The molecule has 0 spiro atoms. The van der Waals surface area contributed by atoms with Crippen LogP contribution in [0.3, 0.4) is 0 Å². The molecule has 0 aromatic carbocycles. The van der Waals surface area contributed by atoms with E-state index in [0.717, 1.165) is 0 Å². The first-order valence-corrected chi connectivity index (χ1v) is 24.5. The summed E-state index contributed by atoms with van der Waals surface area (Å²) in [5, 5.41) is 0. The lowest BCUT2D eigenvalue weighted by molar-refractivity contribution is 0.222. The predicted octanol–water partition coefficient (Wildman–Crippen LogP) is 14.3. The molecule has 0 aromatic heterocycles. The molecule has 0 aliphatic heterocycles. The summed E-state index contributed by atoms with van der Waals surface area (Å²) < 4.78 is 0. The predicted molar refractivity (Wildman–Crippen MR) is 247 cm³/mol. The Morgan fingerprint density at radius 3 is 0.741 bits per heavy atom. The van der Waals surface area contributed by atoms with Gasteiger partial charge < -0.3 is 19.6 Å². The minimum atomic E-state index is 1.21. The van der Waals surface area contributed by atoms with Gasteiger partial charge in [-0.2, -0.15) is 0 Å². The van der Waals surface area contributed by atoms with Crippen LogP contribution in [-0.4, -0.2) is 100 Å². The summed E-state index contributed by atoms with van der Waals surface area (Å²) in [6.45, 7) is 14.7. The van der Waals surface area contributed by atoms with E-state index >= 15 is 0 Å². The standard InChI is InChI=1S/C50H102N4/c1-7-9-11-13-15-17-19-21-23-25-27-29-31-33-35-37-45-53(49-41-43-51(3)4)47-39-40-48-54(50-42-44-52(5)6)46-38-36-34-32-30-28-26-24-22-20-18-16-14-12-10-8-2/h21-24H,7-20,25-50H2,1-6H3. The molecule has 0 saturated heterocycles. The van der Waals surface area contributed by atoms with Crippen molar-refractivity contribution in [2.75, 3.05) is 80.5 Å². The third-order valence-electron chi connectivity index (χ3n) is 11.3. The van der Waals surface area contributed by atoms with Gasteiger partial charge in [-0.1, -0.05) is 154 Å². The molecule has 4 nitrogen and oxygen atoms in total. The Morgan fingerprint density at radius 1 is 0.241 bits per heavy atom. The van der Waals surface area contributed by atoms with Crippen molar-refractivity contribution in [1.82, 2.24) is 19.6 Å². The van der Waals surface area contributed by atoms with E-state index in [0.29, 0.717) is 0 Å². The quantitative estimate of drug-likeness (QED) is 0.0453. The summed E-state index contributed by atoms with van der Waals surface area (Å²) in [6, 6.07) is 0. The molecular formula is C50H102N4. The van der Waals surface area contributed by atoms with Crippen LogP contribution in [0.1, 0.15) is 219 Å². The van der Waals surface area contributed by atoms with Gasteiger partial charge in [0.05, 0.1) is 0 Å². The van der Waals surface area contributed by atoms with E-state index in [1.54, 1.807) is 0 Å². The Balaban J connectivity index is 4.18. The molecule has 0 aliphatic rings. The van der Waals surface area contributed by atoms with Gasteiger partial charge in [-0.25, -0.2) is 0 Å². The molecule has 0 fully saturated rings. The van der Waals surface area contributed by atoms with Gasteiger partial charge in [0.15, 0.2) is 0 Å². The molecule has 0 unspecified atom stereocenters. The van der Waals surface area contributed by atoms with E-state index in [-0.39, 0.29) is 0 Å². The zero-order valence-electron chi connectivity index (χ0n) is 38.4. The summed E-state index contributed by atoms with van der Waals surface area (Å²) in [6.07, 6.45) is 54.1. The lowest BCUT2D eigenvalue weighted by atomic mass is 10.1. The van der Waals surface area contributed by atoms with Crippen molar-refractivity contribution in [2.45, 2.75) is 219 Å². The summed E-state index contributed by atoms with van der Waals surface area (Å²) >= 11 is 0. The maximum absolute atomic E-state index is 2.81. The third kappa shape index (κ3) is 44.0. The number of hydrogen-bond donors (Lipinski definition) is 0. The highest BCUT2D eigenvalue weighted by molar-refractivity contribution is 4.82. The van der Waals surface area contributed by atoms with Gasteiger partial charge in [0.2, 0.25) is 0 Å². The molecule has 0 amide bonds. The summed E-state index contributed by atoms with van der Waals surface area (Å²) in [4.78, 5) is 10.3. The van der Waals surface area contributed by atoms with Crippen molar-refractivity contribution in [1.29, 1.82) is 0 Å². The Bertz CT molecular complexity index is 685. The van der Waals surface area contributed by atoms with Crippen LogP contribution in [0.4, 0.5) is 0 Å². The van der Waals surface area contributed by atoms with Gasteiger partial charge in [-0.05, 0) is 170 Å². The van der Waals surface area contributed by atoms with Crippen LogP contribution in [-0.2, 0) is 0 Å². The first-order chi connectivity index (χ1) is 26.5. The topological polar surface area (TPSA) is 13.0 Å². The van der Waals surface area contributed by atoms with Crippen molar-refractivity contribution in [3.8, 4) is 0 Å². The van der Waals surface area contributed by atoms with Crippen LogP contribution < -0.4 is 0 Å². The molecule has 0 N–H and O–H groups in total. The molecule has 0 atom stereocenters. The minimum Gasteiger partial charge on any atom is -0.309 e. The lowest BCUT2D eigenvalue weighted by Crippen LogP contribution is -2.32. The number of nitrogens with zero attached hydrogens (tertiary/aromatic N) is 4. The number of rotatable bonds is 45. The van der Waals surface area contributed by atoms with Gasteiger partial charge in [-0.15, -0.1) is 0 Å². The molecule has 0 heterocycles. The highest BCUT2D eigenvalue weighted by Crippen LogP contribution is 2.13. The fourth-order valence-corrected chi connectivity index (χ4v) is 7.73. The first kappa shape index (κ1) is 53.3. The smallest absolute Gasteiger partial charge is 0.000655 e. The van der Waals surface area contributed by atoms with E-state index < -0.39 is 0 Å². The van der Waals surface area contributed by atoms with Crippen LogP contribution in [0.15, 0.2) is 24.3 Å². The van der Waals surface area contributed by atoms with E-state index in [1.165, 1.54) is 258 Å². The molecule has 322 valence electrons. The van der Waals surface area contributed by atoms with Crippen molar-refractivity contribution in [3.63, 3.8) is 0 Å². The second-order valence-corrected chi connectivity index (χ2v) is 17.6. The van der Waals surface area contributed by atoms with Gasteiger partial charge in [-0.3, -0.25) is 0 Å². The largest absolute Gasteiger partial charge is 0.309 e. The van der Waals surface area contributed by atoms with Gasteiger partial charge >= 0.3 is 0 Å². The van der Waals surface area contributed by atoms with E-state index in [9.17, 15) is 0 Å². The SMILES string of the molecule is CCCCCCCCC=CCCCCCCCCN(CCCCN(CCCCCCCCC=CCCCCCCCC)CCCN(C)C)CCCN(C)C. The van der Waals surface area contributed by atoms with Crippen LogP contribution in [0.2, 0.25) is 0 Å². The molecule has 0 aromatic rings. The molecule has 0 rings (SSSR count). The van der Waals surface area contributed by atoms with Crippen LogP contribution in [0, 0.1) is 0 Å². The Labute approximate surface area is 342 Å². The normalized spacial score (nSPS) is 12.4. The molecular weight excluding hydrogens is 657 g/mol. The number of unbranched alkanes of at least 4 members (excludes halogenated alkanes) is 25. The summed E-state index contributed by atoms with van der Waals surface area (Å²) in [7, 11) is 8.88. The zero-order chi connectivity index (χ0) is 39.4. The Hall–Kier alpha value is -0.680. The Kier molecular flexibility index (Phi) is 44.5. The van der Waals surface area contributed by atoms with Crippen molar-refractivity contribution >= 4 is 0 Å². The molecule has 0 radical (unpaired) electrons. The number of allylic oxidation sites excluding steroid dienone is 4. The highest BCUT2D eigenvalue weighted by atomic mass is 15.1. The third-order valence-corrected chi connectivity index (χ3v) is 11.3. The second kappa shape index (κ2) is 45.0. The van der Waals surface area contributed by atoms with Crippen LogP contribution >= 0.6 is 0 Å². The fourth-order valence-electron chi connectivity index (χ4n) is 7.73. The van der Waals surface area contributed by atoms with Crippen molar-refractivity contribution < 1.29 is 0 Å². The molecule has 54 heavy (non-hydrogen) atoms. The van der Waals surface area contributed by atoms with Gasteiger partial charge in [0.1, 0.15) is 0 Å². The molecule has 4 heteroatoms. The summed E-state index contributed by atoms with van der Waals surface area (Å²) in [5.74, 6) is 0.